The molecule has 0 bridgehead atoms. The lowest BCUT2D eigenvalue weighted by Crippen LogP contribution is -2.40. The van der Waals surface area contributed by atoms with Crippen molar-refractivity contribution >= 4 is 6.03 Å². The van der Waals surface area contributed by atoms with Crippen molar-refractivity contribution in [1.29, 1.82) is 0 Å². The van der Waals surface area contributed by atoms with Crippen LogP contribution < -0.4 is 24.8 Å². The molecule has 2 N–H and O–H groups in total. The fourth-order valence-corrected chi connectivity index (χ4v) is 1.91. The van der Waals surface area contributed by atoms with E-state index in [-0.39, 0.29) is 12.1 Å². The molecular weight excluding hydrogens is 272 g/mol. The lowest BCUT2D eigenvalue weighted by molar-refractivity contribution is 0.238. The van der Waals surface area contributed by atoms with Gasteiger partial charge in [0.25, 0.3) is 0 Å². The molecule has 0 unspecified atom stereocenters. The van der Waals surface area contributed by atoms with Crippen LogP contribution in [0.15, 0.2) is 12.1 Å². The van der Waals surface area contributed by atoms with Crippen LogP contribution in [0.4, 0.5) is 4.79 Å². The molecule has 21 heavy (non-hydrogen) atoms. The zero-order chi connectivity index (χ0) is 15.8. The van der Waals surface area contributed by atoms with Crippen LogP contribution in [0.25, 0.3) is 0 Å². The second kappa shape index (κ2) is 8.24. The van der Waals surface area contributed by atoms with E-state index in [2.05, 4.69) is 10.6 Å². The maximum absolute atomic E-state index is 11.5. The van der Waals surface area contributed by atoms with E-state index < -0.39 is 0 Å². The highest BCUT2D eigenvalue weighted by molar-refractivity contribution is 5.74. The first kappa shape index (κ1) is 16.9. The predicted octanol–water partition coefficient (Wildman–Crippen LogP) is 1.96. The molecule has 6 nitrogen and oxygen atoms in total. The summed E-state index contributed by atoms with van der Waals surface area (Å²) in [7, 11) is 4.76. The molecule has 1 rings (SSSR count). The van der Waals surface area contributed by atoms with Crippen molar-refractivity contribution in [3.8, 4) is 17.2 Å². The molecule has 118 valence electrons. The molecule has 0 fully saturated rings. The van der Waals surface area contributed by atoms with Crippen molar-refractivity contribution in [3.63, 3.8) is 0 Å². The molecule has 6 heteroatoms. The van der Waals surface area contributed by atoms with Crippen molar-refractivity contribution in [2.24, 2.45) is 0 Å². The number of hydrogen-bond donors (Lipinski definition) is 2. The Hall–Kier alpha value is -2.11. The number of methoxy groups -OCH3 is 3. The maximum Gasteiger partial charge on any atom is 0.314 e. The number of carbonyl (C=O) groups excluding carboxylic acids is 1. The smallest absolute Gasteiger partial charge is 0.314 e. The fraction of sp³-hybridized carbons (Fsp3) is 0.533. The quantitative estimate of drug-likeness (QED) is 0.807. The van der Waals surface area contributed by atoms with Gasteiger partial charge in [-0.2, -0.15) is 0 Å². The van der Waals surface area contributed by atoms with Gasteiger partial charge in [-0.3, -0.25) is 0 Å². The highest BCUT2D eigenvalue weighted by Gasteiger charge is 2.12. The van der Waals surface area contributed by atoms with Crippen LogP contribution in [0.3, 0.4) is 0 Å². The van der Waals surface area contributed by atoms with E-state index >= 15 is 0 Å². The van der Waals surface area contributed by atoms with Crippen LogP contribution in [0.2, 0.25) is 0 Å². The third-order valence-electron chi connectivity index (χ3n) is 2.89. The number of urea groups is 1. The number of amides is 2. The molecule has 0 heterocycles. The van der Waals surface area contributed by atoms with Gasteiger partial charge in [0.05, 0.1) is 21.3 Å². The minimum atomic E-state index is -0.176. The predicted molar refractivity (Wildman–Crippen MR) is 81.5 cm³/mol. The first-order chi connectivity index (χ1) is 10.0. The summed E-state index contributed by atoms with van der Waals surface area (Å²) in [6.07, 6.45) is 0.634. The number of nitrogens with one attached hydrogen (secondary N) is 2. The van der Waals surface area contributed by atoms with Gasteiger partial charge < -0.3 is 24.8 Å². The van der Waals surface area contributed by atoms with E-state index in [0.29, 0.717) is 30.2 Å². The van der Waals surface area contributed by atoms with Gasteiger partial charge in [-0.25, -0.2) is 4.79 Å². The molecular formula is C15H24N2O4. The van der Waals surface area contributed by atoms with Gasteiger partial charge in [0, 0.05) is 18.7 Å². The van der Waals surface area contributed by atoms with Crippen LogP contribution in [0, 0.1) is 0 Å². The molecule has 0 aliphatic rings. The minimum absolute atomic E-state index is 0.112. The second-order valence-electron chi connectivity index (χ2n) is 4.82. The molecule has 1 aromatic rings. The summed E-state index contributed by atoms with van der Waals surface area (Å²) in [5.41, 5.74) is 0.944. The summed E-state index contributed by atoms with van der Waals surface area (Å²) in [6, 6.07) is 3.58. The zero-order valence-electron chi connectivity index (χ0n) is 13.3. The Morgan fingerprint density at radius 1 is 1.05 bits per heavy atom. The van der Waals surface area contributed by atoms with Crippen molar-refractivity contribution < 1.29 is 19.0 Å². The van der Waals surface area contributed by atoms with E-state index in [9.17, 15) is 4.79 Å². The monoisotopic (exact) mass is 296 g/mol. The molecule has 1 aromatic carbocycles. The van der Waals surface area contributed by atoms with Crippen molar-refractivity contribution in [1.82, 2.24) is 10.6 Å². The Bertz CT molecular complexity index is 475. The van der Waals surface area contributed by atoms with Crippen molar-refractivity contribution in [3.05, 3.63) is 17.7 Å². The summed E-state index contributed by atoms with van der Waals surface area (Å²) >= 11 is 0. The summed E-state index contributed by atoms with van der Waals surface area (Å²) in [4.78, 5) is 11.5. The Kier molecular flexibility index (Phi) is 6.65. The van der Waals surface area contributed by atoms with Gasteiger partial charge in [-0.15, -0.1) is 0 Å². The first-order valence-corrected chi connectivity index (χ1v) is 6.85. The summed E-state index contributed by atoms with van der Waals surface area (Å²) in [5.74, 6) is 1.96. The molecule has 2 amide bonds. The van der Waals surface area contributed by atoms with E-state index in [0.717, 1.165) is 5.56 Å². The maximum atomic E-state index is 11.5. The molecule has 0 atom stereocenters. The topological polar surface area (TPSA) is 68.8 Å². The van der Waals surface area contributed by atoms with Crippen LogP contribution in [-0.4, -0.2) is 39.9 Å². The average Bonchev–Trinajstić information content (AvgIpc) is 2.45. The summed E-state index contributed by atoms with van der Waals surface area (Å²) < 4.78 is 15.9. The van der Waals surface area contributed by atoms with Crippen molar-refractivity contribution in [2.75, 3.05) is 27.9 Å². The largest absolute Gasteiger partial charge is 0.496 e. The van der Waals surface area contributed by atoms with E-state index in [4.69, 9.17) is 14.2 Å². The van der Waals surface area contributed by atoms with Gasteiger partial charge in [0.15, 0.2) is 11.5 Å². The first-order valence-electron chi connectivity index (χ1n) is 6.85. The van der Waals surface area contributed by atoms with Crippen molar-refractivity contribution in [2.45, 2.75) is 26.3 Å². The summed E-state index contributed by atoms with van der Waals surface area (Å²) in [6.45, 7) is 4.33. The van der Waals surface area contributed by atoms with Crippen LogP contribution >= 0.6 is 0 Å². The molecule has 0 aromatic heterocycles. The highest BCUT2D eigenvalue weighted by atomic mass is 16.5. The Morgan fingerprint density at radius 3 is 2.14 bits per heavy atom. The number of ether oxygens (including phenoxy) is 3. The van der Waals surface area contributed by atoms with E-state index in [1.807, 2.05) is 19.9 Å². The Balaban J connectivity index is 2.71. The van der Waals surface area contributed by atoms with Gasteiger partial charge in [-0.05, 0) is 31.9 Å². The molecule has 0 saturated heterocycles. The summed E-state index contributed by atoms with van der Waals surface area (Å²) in [5, 5.41) is 5.57. The molecule has 0 spiro atoms. The van der Waals surface area contributed by atoms with Crippen LogP contribution in [0.5, 0.6) is 17.2 Å². The third-order valence-corrected chi connectivity index (χ3v) is 2.89. The standard InChI is InChI=1S/C15H24N2O4/c1-10(2)17-15(18)16-7-6-11-8-13(20-4)14(21-5)9-12(11)19-3/h8-10H,6-7H2,1-5H3,(H2,16,17,18). The van der Waals surface area contributed by atoms with Gasteiger partial charge in [-0.1, -0.05) is 0 Å². The Labute approximate surface area is 125 Å². The number of rotatable bonds is 7. The molecule has 0 radical (unpaired) electrons. The van der Waals surface area contributed by atoms with Gasteiger partial charge >= 0.3 is 6.03 Å². The third kappa shape index (κ3) is 5.06. The Morgan fingerprint density at radius 2 is 1.62 bits per heavy atom. The fourth-order valence-electron chi connectivity index (χ4n) is 1.91. The van der Waals surface area contributed by atoms with E-state index in [1.165, 1.54) is 0 Å². The number of hydrogen-bond acceptors (Lipinski definition) is 4. The minimum Gasteiger partial charge on any atom is -0.496 e. The molecule has 0 aliphatic heterocycles. The molecule has 0 saturated carbocycles. The zero-order valence-corrected chi connectivity index (χ0v) is 13.3. The lowest BCUT2D eigenvalue weighted by atomic mass is 10.1. The number of benzene rings is 1. The average molecular weight is 296 g/mol. The van der Waals surface area contributed by atoms with E-state index in [1.54, 1.807) is 27.4 Å². The SMILES string of the molecule is COc1cc(OC)c(OC)cc1CCNC(=O)NC(C)C. The molecule has 0 aliphatic carbocycles. The second-order valence-corrected chi connectivity index (χ2v) is 4.82. The lowest BCUT2D eigenvalue weighted by Gasteiger charge is -2.15. The van der Waals surface area contributed by atoms with Crippen LogP contribution in [0.1, 0.15) is 19.4 Å². The highest BCUT2D eigenvalue weighted by Crippen LogP contribution is 2.34. The normalized spacial score (nSPS) is 10.2. The van der Waals surface area contributed by atoms with Crippen LogP contribution in [-0.2, 0) is 6.42 Å². The van der Waals surface area contributed by atoms with Gasteiger partial charge in [0.1, 0.15) is 5.75 Å². The number of carbonyl (C=O) groups is 1. The van der Waals surface area contributed by atoms with Gasteiger partial charge in [0.2, 0.25) is 0 Å².